The molecule has 0 aromatic carbocycles. The van der Waals surface area contributed by atoms with E-state index in [4.69, 9.17) is 5.11 Å². The van der Waals surface area contributed by atoms with Crippen molar-refractivity contribution < 1.29 is 14.7 Å². The van der Waals surface area contributed by atoms with Gasteiger partial charge in [-0.05, 0) is 17.9 Å². The fourth-order valence-corrected chi connectivity index (χ4v) is 2.85. The molecule has 1 saturated heterocycles. The standard InChI is InChI=1S/C15H18N2O3S/c18-8-2-1-4-12-6-9-21-13(12)10-16-14(19)11-17-7-3-5-15(17)20/h6,9,18H,2-3,5,7-8,10-11H2,(H,16,19). The number of hydrogen-bond donors (Lipinski definition) is 2. The van der Waals surface area contributed by atoms with E-state index in [1.165, 1.54) is 11.3 Å². The van der Waals surface area contributed by atoms with Crippen LogP contribution in [-0.2, 0) is 16.1 Å². The van der Waals surface area contributed by atoms with Gasteiger partial charge in [0.2, 0.25) is 11.8 Å². The van der Waals surface area contributed by atoms with Gasteiger partial charge in [0, 0.05) is 29.8 Å². The summed E-state index contributed by atoms with van der Waals surface area (Å²) < 4.78 is 0. The van der Waals surface area contributed by atoms with E-state index in [2.05, 4.69) is 17.2 Å². The minimum absolute atomic E-state index is 0.0487. The Labute approximate surface area is 128 Å². The van der Waals surface area contributed by atoms with Crippen molar-refractivity contribution in [3.63, 3.8) is 0 Å². The molecule has 0 aliphatic carbocycles. The van der Waals surface area contributed by atoms with Crippen LogP contribution >= 0.6 is 11.3 Å². The van der Waals surface area contributed by atoms with E-state index in [0.717, 1.165) is 16.9 Å². The molecule has 0 unspecified atom stereocenters. The average Bonchev–Trinajstić information content (AvgIpc) is 3.07. The molecule has 1 aromatic rings. The molecule has 0 bridgehead atoms. The number of rotatable bonds is 5. The monoisotopic (exact) mass is 306 g/mol. The first-order valence-corrected chi connectivity index (χ1v) is 7.79. The van der Waals surface area contributed by atoms with Gasteiger partial charge < -0.3 is 15.3 Å². The molecule has 0 spiro atoms. The van der Waals surface area contributed by atoms with Crippen molar-refractivity contribution in [3.8, 4) is 11.8 Å². The number of carbonyl (C=O) groups is 2. The molecule has 112 valence electrons. The van der Waals surface area contributed by atoms with Crippen molar-refractivity contribution in [2.24, 2.45) is 0 Å². The molecular formula is C15H18N2O3S. The van der Waals surface area contributed by atoms with Gasteiger partial charge in [0.15, 0.2) is 0 Å². The number of aliphatic hydroxyl groups is 1. The molecule has 1 fully saturated rings. The minimum atomic E-state index is -0.145. The van der Waals surface area contributed by atoms with Gasteiger partial charge in [0.25, 0.3) is 0 Å². The molecule has 21 heavy (non-hydrogen) atoms. The molecule has 2 N–H and O–H groups in total. The molecule has 0 atom stereocenters. The number of aliphatic hydroxyl groups excluding tert-OH is 1. The Balaban J connectivity index is 1.83. The summed E-state index contributed by atoms with van der Waals surface area (Å²) in [7, 11) is 0. The van der Waals surface area contributed by atoms with Crippen LogP contribution in [0.3, 0.4) is 0 Å². The number of hydrogen-bond acceptors (Lipinski definition) is 4. The van der Waals surface area contributed by atoms with Gasteiger partial charge in [-0.25, -0.2) is 0 Å². The molecule has 2 rings (SSSR count). The van der Waals surface area contributed by atoms with Crippen LogP contribution in [0.1, 0.15) is 29.7 Å². The summed E-state index contributed by atoms with van der Waals surface area (Å²) in [5.41, 5.74) is 0.881. The van der Waals surface area contributed by atoms with Crippen LogP contribution in [0, 0.1) is 11.8 Å². The van der Waals surface area contributed by atoms with Gasteiger partial charge in [-0.3, -0.25) is 9.59 Å². The first-order chi connectivity index (χ1) is 10.2. The van der Waals surface area contributed by atoms with E-state index >= 15 is 0 Å². The highest BCUT2D eigenvalue weighted by Crippen LogP contribution is 2.15. The second-order valence-corrected chi connectivity index (χ2v) is 5.73. The molecule has 5 nitrogen and oxygen atoms in total. The van der Waals surface area contributed by atoms with E-state index in [0.29, 0.717) is 25.9 Å². The van der Waals surface area contributed by atoms with Crippen LogP contribution < -0.4 is 5.32 Å². The summed E-state index contributed by atoms with van der Waals surface area (Å²) in [5.74, 6) is 5.76. The minimum Gasteiger partial charge on any atom is -0.395 e. The number of nitrogens with zero attached hydrogens (tertiary/aromatic N) is 1. The van der Waals surface area contributed by atoms with Crippen molar-refractivity contribution in [3.05, 3.63) is 21.9 Å². The zero-order valence-corrected chi connectivity index (χ0v) is 12.5. The van der Waals surface area contributed by atoms with Crippen LogP contribution in [0.4, 0.5) is 0 Å². The first kappa shape index (κ1) is 15.5. The number of thiophene rings is 1. The van der Waals surface area contributed by atoms with Crippen LogP contribution in [0.2, 0.25) is 0 Å². The maximum absolute atomic E-state index is 11.8. The summed E-state index contributed by atoms with van der Waals surface area (Å²) in [6.45, 7) is 1.27. The molecule has 1 aromatic heterocycles. The maximum atomic E-state index is 11.8. The smallest absolute Gasteiger partial charge is 0.239 e. The molecule has 1 aliphatic rings. The van der Waals surface area contributed by atoms with Crippen LogP contribution in [-0.4, -0.2) is 41.5 Å². The third-order valence-corrected chi connectivity index (χ3v) is 4.08. The summed E-state index contributed by atoms with van der Waals surface area (Å²) in [6.07, 6.45) is 1.82. The molecular weight excluding hydrogens is 288 g/mol. The number of amides is 2. The highest BCUT2D eigenvalue weighted by atomic mass is 32.1. The lowest BCUT2D eigenvalue weighted by Gasteiger charge is -2.14. The Kier molecular flexibility index (Phi) is 5.78. The maximum Gasteiger partial charge on any atom is 0.239 e. The lowest BCUT2D eigenvalue weighted by Crippen LogP contribution is -2.37. The molecule has 2 heterocycles. The zero-order valence-electron chi connectivity index (χ0n) is 11.7. The molecule has 0 radical (unpaired) electrons. The number of likely N-dealkylation sites (tertiary alicyclic amines) is 1. The van der Waals surface area contributed by atoms with Gasteiger partial charge in [0.05, 0.1) is 19.7 Å². The third-order valence-electron chi connectivity index (χ3n) is 3.16. The van der Waals surface area contributed by atoms with E-state index in [1.807, 2.05) is 11.4 Å². The summed E-state index contributed by atoms with van der Waals surface area (Å²) >= 11 is 1.53. The van der Waals surface area contributed by atoms with Crippen molar-refractivity contribution in [2.75, 3.05) is 19.7 Å². The van der Waals surface area contributed by atoms with Crippen molar-refractivity contribution in [2.45, 2.75) is 25.8 Å². The number of nitrogens with one attached hydrogen (secondary N) is 1. The third kappa shape index (κ3) is 4.59. The predicted octanol–water partition coefficient (Wildman–Crippen LogP) is 0.721. The summed E-state index contributed by atoms with van der Waals surface area (Å²) in [4.78, 5) is 25.9. The van der Waals surface area contributed by atoms with Crippen LogP contribution in [0.25, 0.3) is 0 Å². The van der Waals surface area contributed by atoms with E-state index in [1.54, 1.807) is 4.90 Å². The van der Waals surface area contributed by atoms with Gasteiger partial charge in [0.1, 0.15) is 0 Å². The lowest BCUT2D eigenvalue weighted by molar-refractivity contribution is -0.133. The van der Waals surface area contributed by atoms with Gasteiger partial charge in [-0.15, -0.1) is 11.3 Å². The second kappa shape index (κ2) is 7.81. The molecule has 6 heteroatoms. The Morgan fingerprint density at radius 2 is 2.38 bits per heavy atom. The SMILES string of the molecule is O=C(CN1CCCC1=O)NCc1sccc1C#CCCO. The van der Waals surface area contributed by atoms with Gasteiger partial charge >= 0.3 is 0 Å². The molecule has 0 saturated carbocycles. The average molecular weight is 306 g/mol. The van der Waals surface area contributed by atoms with Gasteiger partial charge in [-0.1, -0.05) is 11.8 Å². The quantitative estimate of drug-likeness (QED) is 0.788. The molecule has 1 aliphatic heterocycles. The Morgan fingerprint density at radius 1 is 1.52 bits per heavy atom. The first-order valence-electron chi connectivity index (χ1n) is 6.91. The fourth-order valence-electron chi connectivity index (χ4n) is 2.08. The Hall–Kier alpha value is -1.84. The normalized spacial score (nSPS) is 14.0. The fraction of sp³-hybridized carbons (Fsp3) is 0.467. The topological polar surface area (TPSA) is 69.6 Å². The van der Waals surface area contributed by atoms with E-state index in [-0.39, 0.29) is 25.0 Å². The van der Waals surface area contributed by atoms with Crippen molar-refractivity contribution in [1.82, 2.24) is 10.2 Å². The van der Waals surface area contributed by atoms with Gasteiger partial charge in [-0.2, -0.15) is 0 Å². The number of carbonyl (C=O) groups excluding carboxylic acids is 2. The highest BCUT2D eigenvalue weighted by Gasteiger charge is 2.22. The highest BCUT2D eigenvalue weighted by molar-refractivity contribution is 7.10. The van der Waals surface area contributed by atoms with Crippen molar-refractivity contribution in [1.29, 1.82) is 0 Å². The zero-order chi connectivity index (χ0) is 15.1. The molecule has 2 amide bonds. The largest absolute Gasteiger partial charge is 0.395 e. The predicted molar refractivity (Wildman–Crippen MR) is 80.6 cm³/mol. The lowest BCUT2D eigenvalue weighted by atomic mass is 10.2. The Bertz CT molecular complexity index is 571. The Morgan fingerprint density at radius 3 is 3.10 bits per heavy atom. The second-order valence-electron chi connectivity index (χ2n) is 4.73. The summed E-state index contributed by atoms with van der Waals surface area (Å²) in [6, 6.07) is 1.90. The summed E-state index contributed by atoms with van der Waals surface area (Å²) in [5, 5.41) is 13.5. The van der Waals surface area contributed by atoms with E-state index < -0.39 is 0 Å². The van der Waals surface area contributed by atoms with Crippen LogP contribution in [0.5, 0.6) is 0 Å². The van der Waals surface area contributed by atoms with Crippen molar-refractivity contribution >= 4 is 23.2 Å². The van der Waals surface area contributed by atoms with Crippen LogP contribution in [0.15, 0.2) is 11.4 Å². The van der Waals surface area contributed by atoms with E-state index in [9.17, 15) is 9.59 Å².